The summed E-state index contributed by atoms with van der Waals surface area (Å²) in [4.78, 5) is 4.28. The van der Waals surface area contributed by atoms with Gasteiger partial charge in [-0.2, -0.15) is 0 Å². The number of aryl methyl sites for hydroxylation is 1. The second-order valence-corrected chi connectivity index (χ2v) is 6.20. The molecule has 1 heterocycles. The summed E-state index contributed by atoms with van der Waals surface area (Å²) < 4.78 is 7.82. The number of nitrogens with zero attached hydrogens (tertiary/aromatic N) is 1. The van der Waals surface area contributed by atoms with Crippen LogP contribution in [0, 0.1) is 6.92 Å². The van der Waals surface area contributed by atoms with Crippen LogP contribution in [0.15, 0.2) is 39.4 Å². The fourth-order valence-corrected chi connectivity index (χ4v) is 2.80. The topological polar surface area (TPSA) is 22.1 Å². The van der Waals surface area contributed by atoms with Crippen molar-refractivity contribution in [2.24, 2.45) is 0 Å². The molecule has 0 aliphatic carbocycles. The Morgan fingerprint density at radius 1 is 1.21 bits per heavy atom. The first kappa shape index (κ1) is 14.8. The van der Waals surface area contributed by atoms with Crippen molar-refractivity contribution in [3.05, 3.63) is 56.2 Å². The van der Waals surface area contributed by atoms with Crippen LogP contribution in [0.5, 0.6) is 5.75 Å². The van der Waals surface area contributed by atoms with Crippen molar-refractivity contribution in [1.29, 1.82) is 0 Å². The normalized spacial score (nSPS) is 10.5. The van der Waals surface area contributed by atoms with Crippen LogP contribution in [0.4, 0.5) is 0 Å². The molecule has 1 aromatic carbocycles. The Morgan fingerprint density at radius 2 is 2.00 bits per heavy atom. The van der Waals surface area contributed by atoms with E-state index in [1.54, 1.807) is 6.20 Å². The number of alkyl halides is 1. The lowest BCUT2D eigenvalue weighted by Crippen LogP contribution is -2.01. The van der Waals surface area contributed by atoms with Crippen molar-refractivity contribution in [2.75, 3.05) is 0 Å². The van der Waals surface area contributed by atoms with Crippen molar-refractivity contribution in [3.8, 4) is 5.75 Å². The molecule has 0 atom stereocenters. The molecule has 0 aliphatic heterocycles. The van der Waals surface area contributed by atoms with Crippen molar-refractivity contribution < 1.29 is 4.74 Å². The Kier molecular flexibility index (Phi) is 5.25. The first-order valence-corrected chi connectivity index (χ1v) is 7.80. The molecule has 2 rings (SSSR count). The Bertz CT molecular complexity index is 572. The van der Waals surface area contributed by atoms with Gasteiger partial charge in [0.25, 0.3) is 0 Å². The summed E-state index contributed by atoms with van der Waals surface area (Å²) in [5.41, 5.74) is 2.92. The Balaban J connectivity index is 2.17. The van der Waals surface area contributed by atoms with E-state index in [-0.39, 0.29) is 0 Å². The smallest absolute Gasteiger partial charge is 0.130 e. The fourth-order valence-electron chi connectivity index (χ4n) is 1.74. The number of benzene rings is 1. The highest BCUT2D eigenvalue weighted by atomic mass is 79.9. The zero-order chi connectivity index (χ0) is 13.8. The molecule has 0 saturated heterocycles. The van der Waals surface area contributed by atoms with Crippen LogP contribution in [0.1, 0.15) is 16.8 Å². The molecular weight excluding hydrogens is 393 g/mol. The van der Waals surface area contributed by atoms with E-state index in [0.29, 0.717) is 12.5 Å². The van der Waals surface area contributed by atoms with Gasteiger partial charge in [-0.15, -0.1) is 11.6 Å². The summed E-state index contributed by atoms with van der Waals surface area (Å²) in [7, 11) is 0. The van der Waals surface area contributed by atoms with Crippen LogP contribution in [-0.2, 0) is 12.5 Å². The molecule has 2 aromatic rings. The molecule has 0 bridgehead atoms. The number of hydrogen-bond acceptors (Lipinski definition) is 2. The second-order valence-electron chi connectivity index (χ2n) is 4.10. The van der Waals surface area contributed by atoms with Gasteiger partial charge >= 0.3 is 0 Å². The van der Waals surface area contributed by atoms with Gasteiger partial charge in [-0.25, -0.2) is 0 Å². The Hall–Kier alpha value is -0.580. The molecule has 2 nitrogen and oxygen atoms in total. The minimum Gasteiger partial charge on any atom is -0.487 e. The van der Waals surface area contributed by atoms with Crippen LogP contribution in [0.2, 0.25) is 0 Å². The molecule has 0 unspecified atom stereocenters. The molecule has 19 heavy (non-hydrogen) atoms. The van der Waals surface area contributed by atoms with Gasteiger partial charge in [-0.3, -0.25) is 4.98 Å². The summed E-state index contributed by atoms with van der Waals surface area (Å²) in [6.45, 7) is 2.44. The molecule has 0 radical (unpaired) electrons. The predicted molar refractivity (Wildman–Crippen MR) is 84.7 cm³/mol. The van der Waals surface area contributed by atoms with Crippen molar-refractivity contribution in [2.45, 2.75) is 19.4 Å². The summed E-state index contributed by atoms with van der Waals surface area (Å²) in [6, 6.07) is 7.87. The zero-order valence-electron chi connectivity index (χ0n) is 10.3. The van der Waals surface area contributed by atoms with E-state index in [0.717, 1.165) is 31.5 Å². The minimum absolute atomic E-state index is 0.420. The van der Waals surface area contributed by atoms with Gasteiger partial charge < -0.3 is 4.74 Å². The highest BCUT2D eigenvalue weighted by Gasteiger charge is 2.09. The molecule has 5 heteroatoms. The summed E-state index contributed by atoms with van der Waals surface area (Å²) in [5.74, 6) is 1.26. The lowest BCUT2D eigenvalue weighted by Gasteiger charge is -2.13. The number of halogens is 3. The van der Waals surface area contributed by atoms with Crippen LogP contribution in [0.25, 0.3) is 0 Å². The zero-order valence-corrected chi connectivity index (χ0v) is 14.2. The molecule has 1 aromatic heterocycles. The third kappa shape index (κ3) is 3.94. The molecule has 0 N–H and O–H groups in total. The quantitative estimate of drug-likeness (QED) is 0.650. The van der Waals surface area contributed by atoms with Crippen molar-refractivity contribution >= 4 is 43.5 Å². The number of aromatic nitrogens is 1. The molecule has 0 saturated carbocycles. The third-order valence-electron chi connectivity index (χ3n) is 2.61. The lowest BCUT2D eigenvalue weighted by atomic mass is 10.1. The summed E-state index contributed by atoms with van der Waals surface area (Å²) >= 11 is 12.8. The van der Waals surface area contributed by atoms with E-state index in [1.807, 2.05) is 31.2 Å². The maximum atomic E-state index is 5.96. The molecule has 100 valence electrons. The monoisotopic (exact) mass is 403 g/mol. The van der Waals surface area contributed by atoms with Gasteiger partial charge in [0.05, 0.1) is 11.6 Å². The van der Waals surface area contributed by atoms with Gasteiger partial charge in [-0.1, -0.05) is 15.9 Å². The van der Waals surface area contributed by atoms with Crippen LogP contribution < -0.4 is 4.74 Å². The SMILES string of the molecule is Cc1cc(Br)cc(CCl)c1OCc1ccc(Br)cn1. The van der Waals surface area contributed by atoms with E-state index in [1.165, 1.54) is 0 Å². The van der Waals surface area contributed by atoms with E-state index < -0.39 is 0 Å². The number of rotatable bonds is 4. The van der Waals surface area contributed by atoms with E-state index in [2.05, 4.69) is 36.8 Å². The lowest BCUT2D eigenvalue weighted by molar-refractivity contribution is 0.297. The van der Waals surface area contributed by atoms with Gasteiger partial charge in [0.15, 0.2) is 0 Å². The fraction of sp³-hybridized carbons (Fsp3) is 0.214. The average Bonchev–Trinajstić information content (AvgIpc) is 2.39. The highest BCUT2D eigenvalue weighted by Crippen LogP contribution is 2.29. The van der Waals surface area contributed by atoms with Gasteiger partial charge in [0.2, 0.25) is 0 Å². The van der Waals surface area contributed by atoms with Crippen molar-refractivity contribution in [3.63, 3.8) is 0 Å². The molecule has 0 aliphatic rings. The van der Waals surface area contributed by atoms with Gasteiger partial charge in [0, 0.05) is 20.7 Å². The maximum absolute atomic E-state index is 5.96. The Morgan fingerprint density at radius 3 is 2.63 bits per heavy atom. The van der Waals surface area contributed by atoms with Crippen molar-refractivity contribution in [1.82, 2.24) is 4.98 Å². The first-order chi connectivity index (χ1) is 9.10. The average molecular weight is 406 g/mol. The van der Waals surface area contributed by atoms with E-state index in [4.69, 9.17) is 16.3 Å². The van der Waals surface area contributed by atoms with Crippen LogP contribution in [0.3, 0.4) is 0 Å². The maximum Gasteiger partial charge on any atom is 0.130 e. The Labute approximate surface area is 134 Å². The summed E-state index contributed by atoms with van der Waals surface area (Å²) in [6.07, 6.45) is 1.76. The standard InChI is InChI=1S/C14H12Br2ClNO/c1-9-4-12(16)5-10(6-17)14(9)19-8-13-3-2-11(15)7-18-13/h2-5,7H,6,8H2,1H3. The van der Waals surface area contributed by atoms with Crippen LogP contribution >= 0.6 is 43.5 Å². The second kappa shape index (κ2) is 6.73. The van der Waals surface area contributed by atoms with E-state index in [9.17, 15) is 0 Å². The van der Waals surface area contributed by atoms with Crippen LogP contribution in [-0.4, -0.2) is 4.98 Å². The first-order valence-electron chi connectivity index (χ1n) is 5.68. The highest BCUT2D eigenvalue weighted by molar-refractivity contribution is 9.10. The molecular formula is C14H12Br2ClNO. The molecule has 0 fully saturated rings. The number of pyridine rings is 1. The molecule has 0 spiro atoms. The number of ether oxygens (including phenoxy) is 1. The molecule has 0 amide bonds. The number of hydrogen-bond donors (Lipinski definition) is 0. The predicted octanol–water partition coefficient (Wildman–Crippen LogP) is 5.23. The largest absolute Gasteiger partial charge is 0.487 e. The minimum atomic E-state index is 0.420. The van der Waals surface area contributed by atoms with E-state index >= 15 is 0 Å². The third-order valence-corrected chi connectivity index (χ3v) is 3.83. The van der Waals surface area contributed by atoms with Gasteiger partial charge in [-0.05, 0) is 52.7 Å². The summed E-state index contributed by atoms with van der Waals surface area (Å²) in [5, 5.41) is 0. The van der Waals surface area contributed by atoms with Gasteiger partial charge in [0.1, 0.15) is 12.4 Å².